The zero-order chi connectivity index (χ0) is 25.0. The summed E-state index contributed by atoms with van der Waals surface area (Å²) in [5.41, 5.74) is 0.383. The minimum atomic E-state index is -3.72. The number of methoxy groups -OCH3 is 1. The maximum atomic E-state index is 12.6. The van der Waals surface area contributed by atoms with Crippen molar-refractivity contribution in [1.82, 2.24) is 0 Å². The summed E-state index contributed by atoms with van der Waals surface area (Å²) in [6.07, 6.45) is 0.0295. The molecule has 0 bridgehead atoms. The fraction of sp³-hybridized carbons (Fsp3) is 0.435. The van der Waals surface area contributed by atoms with Crippen molar-refractivity contribution in [2.45, 2.75) is 45.0 Å². The second-order valence-electron chi connectivity index (χ2n) is 9.23. The summed E-state index contributed by atoms with van der Waals surface area (Å²) in [5, 5.41) is 0.428. The van der Waals surface area contributed by atoms with Gasteiger partial charge in [0.15, 0.2) is 14.4 Å². The molecule has 0 heterocycles. The van der Waals surface area contributed by atoms with Crippen LogP contribution in [0.2, 0.25) is 23.2 Å². The zero-order valence-electron chi connectivity index (χ0n) is 20.1. The maximum absolute atomic E-state index is 12.6. The molecule has 0 aromatic heterocycles. The molecule has 2 rings (SSSR count). The molecule has 0 saturated carbocycles. The van der Waals surface area contributed by atoms with Crippen molar-refractivity contribution in [3.63, 3.8) is 0 Å². The molecule has 0 aliphatic heterocycles. The summed E-state index contributed by atoms with van der Waals surface area (Å²) in [7, 11) is -4.84. The van der Waals surface area contributed by atoms with E-state index in [1.54, 1.807) is 48.5 Å². The third kappa shape index (κ3) is 7.46. The van der Waals surface area contributed by atoms with E-state index in [0.717, 1.165) is 10.6 Å². The first-order valence-electron chi connectivity index (χ1n) is 10.4. The van der Waals surface area contributed by atoms with Crippen LogP contribution in [0, 0.1) is 0 Å². The molecule has 0 amide bonds. The van der Waals surface area contributed by atoms with Gasteiger partial charge >= 0.3 is 5.97 Å². The van der Waals surface area contributed by atoms with Gasteiger partial charge in [0.2, 0.25) is 10.0 Å². The van der Waals surface area contributed by atoms with Gasteiger partial charge in [-0.25, -0.2) is 13.2 Å². The standard InChI is InChI=1S/C23H32ClNO6SSi/c1-23(2,3)33(6,7)31-21(22(26)29-4)16-25(32(5,27)28)18-10-14-20(15-11-18)30-19-12-8-17(24)9-13-19/h8-15,21H,16H2,1-7H3/t21-/m1/s1. The van der Waals surface area contributed by atoms with Crippen LogP contribution in [0.3, 0.4) is 0 Å². The van der Waals surface area contributed by atoms with E-state index in [-0.39, 0.29) is 11.6 Å². The number of carbonyl (C=O) groups is 1. The van der Waals surface area contributed by atoms with Gasteiger partial charge in [-0.3, -0.25) is 4.31 Å². The summed E-state index contributed by atoms with van der Waals surface area (Å²) in [6, 6.07) is 13.4. The van der Waals surface area contributed by atoms with Crippen molar-refractivity contribution < 1.29 is 27.1 Å². The quantitative estimate of drug-likeness (QED) is 0.327. The summed E-state index contributed by atoms with van der Waals surface area (Å²) >= 11 is 5.89. The number of halogens is 1. The molecule has 1 atom stereocenters. The predicted octanol–water partition coefficient (Wildman–Crippen LogP) is 5.46. The van der Waals surface area contributed by atoms with Gasteiger partial charge in [-0.15, -0.1) is 0 Å². The first-order valence-corrected chi connectivity index (χ1v) is 15.5. The Morgan fingerprint density at radius 3 is 1.94 bits per heavy atom. The number of carbonyl (C=O) groups excluding carboxylic acids is 1. The van der Waals surface area contributed by atoms with Gasteiger partial charge in [-0.1, -0.05) is 32.4 Å². The van der Waals surface area contributed by atoms with Gasteiger partial charge in [-0.05, 0) is 66.7 Å². The molecule has 0 spiro atoms. The third-order valence-electron chi connectivity index (χ3n) is 5.61. The summed E-state index contributed by atoms with van der Waals surface area (Å²) < 4.78 is 43.3. The highest BCUT2D eigenvalue weighted by Gasteiger charge is 2.42. The van der Waals surface area contributed by atoms with Gasteiger partial charge in [0, 0.05) is 5.02 Å². The molecule has 2 aromatic rings. The number of hydrogen-bond donors (Lipinski definition) is 0. The molecule has 182 valence electrons. The number of ether oxygens (including phenoxy) is 2. The lowest BCUT2D eigenvalue weighted by Crippen LogP contribution is -2.51. The number of anilines is 1. The Balaban J connectivity index is 2.30. The van der Waals surface area contributed by atoms with Crippen molar-refractivity contribution >= 4 is 41.6 Å². The number of esters is 1. The molecule has 10 heteroatoms. The molecular weight excluding hydrogens is 482 g/mol. The van der Waals surface area contributed by atoms with Crippen LogP contribution in [-0.2, 0) is 24.0 Å². The average molecular weight is 514 g/mol. The van der Waals surface area contributed by atoms with Crippen LogP contribution in [0.5, 0.6) is 11.5 Å². The number of rotatable bonds is 9. The summed E-state index contributed by atoms with van der Waals surface area (Å²) in [5.74, 6) is 0.508. The number of benzene rings is 2. The normalized spacial score (nSPS) is 13.3. The van der Waals surface area contributed by atoms with Gasteiger partial charge in [0.1, 0.15) is 11.5 Å². The van der Waals surface area contributed by atoms with Crippen LogP contribution >= 0.6 is 11.6 Å². The SMILES string of the molecule is COC(=O)[C@@H](CN(c1ccc(Oc2ccc(Cl)cc2)cc1)S(C)(=O)=O)O[Si](C)(C)C(C)(C)C. The zero-order valence-corrected chi connectivity index (χ0v) is 22.7. The lowest BCUT2D eigenvalue weighted by Gasteiger charge is -2.39. The molecule has 7 nitrogen and oxygen atoms in total. The Bertz CT molecular complexity index is 1050. The average Bonchev–Trinajstić information content (AvgIpc) is 2.71. The lowest BCUT2D eigenvalue weighted by atomic mass is 10.2. The van der Waals surface area contributed by atoms with Crippen LogP contribution in [0.25, 0.3) is 0 Å². The number of hydrogen-bond acceptors (Lipinski definition) is 6. The fourth-order valence-electron chi connectivity index (χ4n) is 2.73. The Labute approximate surface area is 202 Å². The van der Waals surface area contributed by atoms with Crippen molar-refractivity contribution in [2.75, 3.05) is 24.2 Å². The Morgan fingerprint density at radius 2 is 1.52 bits per heavy atom. The van der Waals surface area contributed by atoms with Crippen LogP contribution in [0.4, 0.5) is 5.69 Å². The minimum Gasteiger partial charge on any atom is -0.467 e. The molecule has 0 aliphatic carbocycles. The van der Waals surface area contributed by atoms with Crippen molar-refractivity contribution in [2.24, 2.45) is 0 Å². The summed E-state index contributed by atoms with van der Waals surface area (Å²) in [4.78, 5) is 12.5. The predicted molar refractivity (Wildman–Crippen MR) is 134 cm³/mol. The van der Waals surface area contributed by atoms with E-state index in [9.17, 15) is 13.2 Å². The van der Waals surface area contributed by atoms with E-state index >= 15 is 0 Å². The van der Waals surface area contributed by atoms with Gasteiger partial charge in [0.25, 0.3) is 0 Å². The van der Waals surface area contributed by atoms with Crippen LogP contribution < -0.4 is 9.04 Å². The molecule has 33 heavy (non-hydrogen) atoms. The highest BCUT2D eigenvalue weighted by atomic mass is 35.5. The number of nitrogens with zero attached hydrogens (tertiary/aromatic N) is 1. The molecule has 0 saturated heterocycles. The third-order valence-corrected chi connectivity index (χ3v) is 11.5. The highest BCUT2D eigenvalue weighted by Crippen LogP contribution is 2.38. The highest BCUT2D eigenvalue weighted by molar-refractivity contribution is 7.92. The van der Waals surface area contributed by atoms with E-state index in [0.29, 0.717) is 22.2 Å². The van der Waals surface area contributed by atoms with Gasteiger partial charge in [0.05, 0.1) is 25.6 Å². The van der Waals surface area contributed by atoms with E-state index in [2.05, 4.69) is 0 Å². The molecule has 2 aromatic carbocycles. The second-order valence-corrected chi connectivity index (χ2v) is 16.3. The summed E-state index contributed by atoms with van der Waals surface area (Å²) in [6.45, 7) is 9.92. The second kappa shape index (κ2) is 10.5. The molecule has 0 fully saturated rings. The Hall–Kier alpha value is -2.07. The van der Waals surface area contributed by atoms with Crippen molar-refractivity contribution in [1.29, 1.82) is 0 Å². The smallest absolute Gasteiger partial charge is 0.335 e. The molecule has 0 N–H and O–H groups in total. The first kappa shape index (κ1) is 27.2. The van der Waals surface area contributed by atoms with Crippen molar-refractivity contribution in [3.05, 3.63) is 53.6 Å². The first-order chi connectivity index (χ1) is 15.1. The van der Waals surface area contributed by atoms with Crippen LogP contribution in [0.1, 0.15) is 20.8 Å². The molecule has 0 unspecified atom stereocenters. The Morgan fingerprint density at radius 1 is 1.03 bits per heavy atom. The van der Waals surface area contributed by atoms with Gasteiger partial charge in [-0.2, -0.15) is 0 Å². The topological polar surface area (TPSA) is 82.1 Å². The molecule has 0 radical (unpaired) electrons. The van der Waals surface area contributed by atoms with Crippen molar-refractivity contribution in [3.8, 4) is 11.5 Å². The van der Waals surface area contributed by atoms with Gasteiger partial charge < -0.3 is 13.9 Å². The maximum Gasteiger partial charge on any atom is 0.335 e. The van der Waals surface area contributed by atoms with E-state index < -0.39 is 30.4 Å². The van der Waals surface area contributed by atoms with Crippen LogP contribution in [-0.4, -0.2) is 48.7 Å². The monoisotopic (exact) mass is 513 g/mol. The Kier molecular flexibility index (Phi) is 8.61. The minimum absolute atomic E-state index is 0.171. The van der Waals surface area contributed by atoms with E-state index in [4.69, 9.17) is 25.5 Å². The fourth-order valence-corrected chi connectivity index (χ4v) is 5.00. The number of sulfonamides is 1. The largest absolute Gasteiger partial charge is 0.467 e. The lowest BCUT2D eigenvalue weighted by molar-refractivity contribution is -0.148. The van der Waals surface area contributed by atoms with Crippen LogP contribution in [0.15, 0.2) is 48.5 Å². The molecular formula is C23H32ClNO6SSi. The molecule has 0 aliphatic rings. The van der Waals surface area contributed by atoms with E-state index in [1.807, 2.05) is 33.9 Å². The van der Waals surface area contributed by atoms with E-state index in [1.165, 1.54) is 7.11 Å².